The fourth-order valence-corrected chi connectivity index (χ4v) is 2.00. The maximum Gasteiger partial charge on any atom is 0.254 e. The average molecular weight is 319 g/mol. The van der Waals surface area contributed by atoms with Gasteiger partial charge in [-0.15, -0.1) is 11.6 Å². The Morgan fingerprint density at radius 2 is 2.18 bits per heavy atom. The zero-order valence-corrected chi connectivity index (χ0v) is 12.7. The molecule has 1 amide bonds. The number of amides is 1. The third-order valence-corrected chi connectivity index (χ3v) is 3.47. The number of carbonyl (C=O) groups is 1. The first kappa shape index (κ1) is 14.5. The summed E-state index contributed by atoms with van der Waals surface area (Å²) in [5.41, 5.74) is 1.78. The van der Waals surface area contributed by atoms with Crippen molar-refractivity contribution in [3.05, 3.63) is 33.8 Å². The van der Waals surface area contributed by atoms with Crippen molar-refractivity contribution >= 4 is 33.4 Å². The van der Waals surface area contributed by atoms with Crippen molar-refractivity contribution in [1.82, 2.24) is 4.90 Å². The van der Waals surface area contributed by atoms with Gasteiger partial charge < -0.3 is 4.90 Å². The first-order valence-corrected chi connectivity index (χ1v) is 6.80. The lowest BCUT2D eigenvalue weighted by Crippen LogP contribution is -2.29. The number of rotatable bonds is 4. The van der Waals surface area contributed by atoms with E-state index < -0.39 is 0 Å². The minimum Gasteiger partial charge on any atom is -0.342 e. The average Bonchev–Trinajstić information content (AvgIpc) is 2.28. The first-order chi connectivity index (χ1) is 7.91. The summed E-state index contributed by atoms with van der Waals surface area (Å²) in [6.07, 6.45) is 0.799. The van der Waals surface area contributed by atoms with E-state index in [-0.39, 0.29) is 11.3 Å². The zero-order valence-electron chi connectivity index (χ0n) is 10.3. The second-order valence-electron chi connectivity index (χ2n) is 4.28. The van der Waals surface area contributed by atoms with Crippen LogP contribution >= 0.6 is 27.5 Å². The number of nitrogens with zero attached hydrogens (tertiary/aromatic N) is 1. The van der Waals surface area contributed by atoms with Gasteiger partial charge in [0.25, 0.3) is 5.91 Å². The van der Waals surface area contributed by atoms with Crippen LogP contribution in [0.4, 0.5) is 0 Å². The van der Waals surface area contributed by atoms with Gasteiger partial charge in [0.1, 0.15) is 0 Å². The highest BCUT2D eigenvalue weighted by atomic mass is 79.9. The van der Waals surface area contributed by atoms with Gasteiger partial charge in [0.05, 0.1) is 5.56 Å². The van der Waals surface area contributed by atoms with Crippen LogP contribution in [-0.4, -0.2) is 29.8 Å². The third-order valence-electron chi connectivity index (χ3n) is 2.56. The van der Waals surface area contributed by atoms with Gasteiger partial charge in [0.2, 0.25) is 0 Å². The zero-order chi connectivity index (χ0) is 13.0. The van der Waals surface area contributed by atoms with Gasteiger partial charge in [-0.1, -0.05) is 11.6 Å². The maximum absolute atomic E-state index is 12.2. The van der Waals surface area contributed by atoms with Crippen molar-refractivity contribution in [2.24, 2.45) is 0 Å². The predicted octanol–water partition coefficient (Wildman–Crippen LogP) is 3.85. The number of alkyl halides is 1. The number of halogens is 2. The molecule has 94 valence electrons. The normalized spacial score (nSPS) is 12.3. The van der Waals surface area contributed by atoms with Gasteiger partial charge in [-0.2, -0.15) is 0 Å². The van der Waals surface area contributed by atoms with Crippen molar-refractivity contribution in [1.29, 1.82) is 0 Å². The monoisotopic (exact) mass is 317 g/mol. The molecule has 0 heterocycles. The molecule has 0 fully saturated rings. The summed E-state index contributed by atoms with van der Waals surface area (Å²) < 4.78 is 0.832. The molecule has 0 aliphatic rings. The summed E-state index contributed by atoms with van der Waals surface area (Å²) >= 11 is 9.29. The Hall–Kier alpha value is -0.540. The Bertz CT molecular complexity index is 406. The molecule has 1 rings (SSSR count). The molecular weight excluding hydrogens is 302 g/mol. The predicted molar refractivity (Wildman–Crippen MR) is 75.8 cm³/mol. The molecule has 0 N–H and O–H groups in total. The minimum absolute atomic E-state index is 0.0258. The third kappa shape index (κ3) is 4.32. The lowest BCUT2D eigenvalue weighted by atomic mass is 10.1. The lowest BCUT2D eigenvalue weighted by Gasteiger charge is -2.18. The number of aryl methyl sites for hydroxylation is 1. The molecule has 17 heavy (non-hydrogen) atoms. The van der Waals surface area contributed by atoms with Crippen LogP contribution in [0.1, 0.15) is 29.3 Å². The molecule has 0 aliphatic heterocycles. The molecular formula is C13H17BrClNO. The van der Waals surface area contributed by atoms with Crippen molar-refractivity contribution in [3.8, 4) is 0 Å². The summed E-state index contributed by atoms with van der Waals surface area (Å²) in [5, 5.41) is 0.0891. The summed E-state index contributed by atoms with van der Waals surface area (Å²) in [6.45, 7) is 4.58. The Labute approximate surface area is 116 Å². The second-order valence-corrected chi connectivity index (χ2v) is 5.88. The van der Waals surface area contributed by atoms with E-state index in [4.69, 9.17) is 11.6 Å². The largest absolute Gasteiger partial charge is 0.342 e. The van der Waals surface area contributed by atoms with E-state index in [1.807, 2.05) is 32.0 Å². The van der Waals surface area contributed by atoms with E-state index in [1.54, 1.807) is 11.9 Å². The smallest absolute Gasteiger partial charge is 0.254 e. The highest BCUT2D eigenvalue weighted by molar-refractivity contribution is 9.10. The minimum atomic E-state index is 0.0258. The van der Waals surface area contributed by atoms with E-state index in [0.717, 1.165) is 16.5 Å². The molecule has 4 heteroatoms. The van der Waals surface area contributed by atoms with Gasteiger partial charge >= 0.3 is 0 Å². The van der Waals surface area contributed by atoms with Crippen LogP contribution in [0, 0.1) is 6.92 Å². The molecule has 0 radical (unpaired) electrons. The van der Waals surface area contributed by atoms with E-state index in [0.29, 0.717) is 12.1 Å². The molecule has 0 aromatic heterocycles. The van der Waals surface area contributed by atoms with Crippen LogP contribution in [0.15, 0.2) is 22.7 Å². The fourth-order valence-electron chi connectivity index (χ4n) is 1.48. The number of hydrogen-bond acceptors (Lipinski definition) is 1. The van der Waals surface area contributed by atoms with Crippen LogP contribution in [0.3, 0.4) is 0 Å². The Morgan fingerprint density at radius 3 is 2.76 bits per heavy atom. The standard InChI is InChI=1S/C13H17BrClNO/c1-9-4-5-12(14)11(8-9)13(17)16(3)7-6-10(2)15/h4-5,8,10H,6-7H2,1-3H3. The van der Waals surface area contributed by atoms with Crippen molar-refractivity contribution in [2.75, 3.05) is 13.6 Å². The lowest BCUT2D eigenvalue weighted by molar-refractivity contribution is 0.0792. The summed E-state index contributed by atoms with van der Waals surface area (Å²) in [6, 6.07) is 5.77. The van der Waals surface area contributed by atoms with Crippen molar-refractivity contribution < 1.29 is 4.79 Å². The molecule has 0 bridgehead atoms. The molecule has 1 aromatic rings. The van der Waals surface area contributed by atoms with Crippen LogP contribution < -0.4 is 0 Å². The Kier molecular flexibility index (Phi) is 5.47. The quantitative estimate of drug-likeness (QED) is 0.772. The molecule has 1 unspecified atom stereocenters. The van der Waals surface area contributed by atoms with Gasteiger partial charge in [0.15, 0.2) is 0 Å². The maximum atomic E-state index is 12.2. The SMILES string of the molecule is Cc1ccc(Br)c(C(=O)N(C)CCC(C)Cl)c1. The molecule has 1 atom stereocenters. The van der Waals surface area contributed by atoms with Gasteiger partial charge in [-0.05, 0) is 48.3 Å². The van der Waals surface area contributed by atoms with E-state index in [1.165, 1.54) is 0 Å². The summed E-state index contributed by atoms with van der Waals surface area (Å²) in [5.74, 6) is 0.0258. The topological polar surface area (TPSA) is 20.3 Å². The van der Waals surface area contributed by atoms with Crippen LogP contribution in [0.25, 0.3) is 0 Å². The molecule has 2 nitrogen and oxygen atoms in total. The van der Waals surface area contributed by atoms with E-state index in [9.17, 15) is 4.79 Å². The highest BCUT2D eigenvalue weighted by Crippen LogP contribution is 2.19. The molecule has 1 aromatic carbocycles. The number of hydrogen-bond donors (Lipinski definition) is 0. The first-order valence-electron chi connectivity index (χ1n) is 5.57. The van der Waals surface area contributed by atoms with E-state index in [2.05, 4.69) is 15.9 Å². The molecule has 0 spiro atoms. The summed E-state index contributed by atoms with van der Waals surface area (Å²) in [4.78, 5) is 13.9. The molecule has 0 aliphatic carbocycles. The van der Waals surface area contributed by atoms with Crippen LogP contribution in [-0.2, 0) is 0 Å². The molecule has 0 saturated carbocycles. The molecule has 0 saturated heterocycles. The second kappa shape index (κ2) is 6.41. The van der Waals surface area contributed by atoms with Crippen molar-refractivity contribution in [2.45, 2.75) is 25.6 Å². The number of benzene rings is 1. The highest BCUT2D eigenvalue weighted by Gasteiger charge is 2.15. The van der Waals surface area contributed by atoms with Crippen LogP contribution in [0.5, 0.6) is 0 Å². The fraction of sp³-hybridized carbons (Fsp3) is 0.462. The van der Waals surface area contributed by atoms with Gasteiger partial charge in [0, 0.05) is 23.4 Å². The van der Waals surface area contributed by atoms with Gasteiger partial charge in [-0.3, -0.25) is 4.79 Å². The Morgan fingerprint density at radius 1 is 1.53 bits per heavy atom. The Balaban J connectivity index is 2.78. The number of carbonyl (C=O) groups excluding carboxylic acids is 1. The van der Waals surface area contributed by atoms with E-state index >= 15 is 0 Å². The van der Waals surface area contributed by atoms with Crippen molar-refractivity contribution in [3.63, 3.8) is 0 Å². The van der Waals surface area contributed by atoms with Gasteiger partial charge in [-0.25, -0.2) is 0 Å². The van der Waals surface area contributed by atoms with Crippen LogP contribution in [0.2, 0.25) is 0 Å². The summed E-state index contributed by atoms with van der Waals surface area (Å²) in [7, 11) is 1.80.